The molecule has 0 bridgehead atoms. The molecule has 22 heavy (non-hydrogen) atoms. The van der Waals surface area contributed by atoms with Crippen LogP contribution in [0.25, 0.3) is 0 Å². The second-order valence-corrected chi connectivity index (χ2v) is 7.11. The van der Waals surface area contributed by atoms with Crippen LogP contribution in [0.3, 0.4) is 0 Å². The average Bonchev–Trinajstić information content (AvgIpc) is 2.05. The van der Waals surface area contributed by atoms with Crippen molar-refractivity contribution in [3.05, 3.63) is 0 Å². The lowest BCUT2D eigenvalue weighted by Crippen LogP contribution is -2.47. The molecular formula is C11H20FN3O6S. The fourth-order valence-corrected chi connectivity index (χ4v) is 1.30. The highest BCUT2D eigenvalue weighted by molar-refractivity contribution is 7.85. The molecule has 0 aliphatic rings. The Labute approximate surface area is 128 Å². The third kappa shape index (κ3) is 11.9. The van der Waals surface area contributed by atoms with Crippen molar-refractivity contribution >= 4 is 28.6 Å². The van der Waals surface area contributed by atoms with Gasteiger partial charge in [0.2, 0.25) is 5.96 Å². The van der Waals surface area contributed by atoms with E-state index in [2.05, 4.69) is 4.40 Å². The van der Waals surface area contributed by atoms with Crippen molar-refractivity contribution < 1.29 is 31.4 Å². The fourth-order valence-electron chi connectivity index (χ4n) is 0.986. The molecule has 128 valence electrons. The van der Waals surface area contributed by atoms with Crippen LogP contribution in [0.15, 0.2) is 4.40 Å². The van der Waals surface area contributed by atoms with E-state index in [1.807, 2.05) is 0 Å². The second kappa shape index (κ2) is 6.90. The van der Waals surface area contributed by atoms with E-state index in [9.17, 15) is 21.9 Å². The van der Waals surface area contributed by atoms with Crippen molar-refractivity contribution in [1.82, 2.24) is 10.6 Å². The number of carbonyl (C=O) groups is 2. The van der Waals surface area contributed by atoms with Gasteiger partial charge in [0.05, 0.1) is 0 Å². The lowest BCUT2D eigenvalue weighted by atomic mass is 10.2. The summed E-state index contributed by atoms with van der Waals surface area (Å²) in [5.41, 5.74) is -1.79. The van der Waals surface area contributed by atoms with Gasteiger partial charge in [0.15, 0.2) is 0 Å². The van der Waals surface area contributed by atoms with Gasteiger partial charge in [-0.1, -0.05) is 8.28 Å². The third-order valence-corrected chi connectivity index (χ3v) is 1.84. The molecule has 0 rings (SSSR count). The van der Waals surface area contributed by atoms with E-state index in [0.29, 0.717) is 0 Å². The Morgan fingerprint density at radius 1 is 0.909 bits per heavy atom. The van der Waals surface area contributed by atoms with Crippen LogP contribution in [-0.4, -0.2) is 37.8 Å². The summed E-state index contributed by atoms with van der Waals surface area (Å²) < 4.78 is 45.9. The van der Waals surface area contributed by atoms with Gasteiger partial charge in [-0.3, -0.25) is 10.6 Å². The molecule has 0 aromatic rings. The van der Waals surface area contributed by atoms with E-state index in [4.69, 9.17) is 9.47 Å². The molecule has 0 unspecified atom stereocenters. The number of halogens is 1. The molecule has 0 spiro atoms. The summed E-state index contributed by atoms with van der Waals surface area (Å²) in [6.45, 7) is 9.31. The maximum atomic E-state index is 12.6. The molecule has 0 aliphatic heterocycles. The van der Waals surface area contributed by atoms with Crippen LogP contribution in [0, 0.1) is 0 Å². The van der Waals surface area contributed by atoms with Gasteiger partial charge in [-0.15, -0.1) is 0 Å². The molecule has 2 amide bonds. The molecular weight excluding hydrogens is 321 g/mol. The zero-order valence-corrected chi connectivity index (χ0v) is 14.0. The minimum atomic E-state index is -5.35. The first-order chi connectivity index (χ1) is 9.57. The van der Waals surface area contributed by atoms with E-state index in [0.717, 1.165) is 0 Å². The Kier molecular flexibility index (Phi) is 6.30. The molecule has 11 heteroatoms. The van der Waals surface area contributed by atoms with Crippen LogP contribution in [0.4, 0.5) is 13.5 Å². The van der Waals surface area contributed by atoms with Crippen LogP contribution >= 0.6 is 0 Å². The van der Waals surface area contributed by atoms with Gasteiger partial charge >= 0.3 is 22.6 Å². The van der Waals surface area contributed by atoms with Crippen LogP contribution in [0.1, 0.15) is 41.5 Å². The van der Waals surface area contributed by atoms with Crippen LogP contribution in [-0.2, 0) is 19.9 Å². The number of guanidine groups is 1. The summed E-state index contributed by atoms with van der Waals surface area (Å²) >= 11 is 0. The van der Waals surface area contributed by atoms with Gasteiger partial charge in [-0.05, 0) is 41.5 Å². The smallest absolute Gasteiger partial charge is 0.421 e. The van der Waals surface area contributed by atoms with Crippen molar-refractivity contribution in [3.63, 3.8) is 0 Å². The van der Waals surface area contributed by atoms with Gasteiger partial charge in [0, 0.05) is 0 Å². The third-order valence-electron chi connectivity index (χ3n) is 1.44. The number of hydrogen-bond acceptors (Lipinski definition) is 6. The first kappa shape index (κ1) is 20.1. The van der Waals surface area contributed by atoms with E-state index in [-0.39, 0.29) is 0 Å². The van der Waals surface area contributed by atoms with Crippen LogP contribution < -0.4 is 10.6 Å². The molecule has 0 saturated carbocycles. The molecule has 0 aliphatic carbocycles. The maximum Gasteiger partial charge on any atom is 0.421 e. The fraction of sp³-hybridized carbons (Fsp3) is 0.727. The van der Waals surface area contributed by atoms with E-state index < -0.39 is 39.8 Å². The van der Waals surface area contributed by atoms with E-state index in [1.165, 1.54) is 0 Å². The van der Waals surface area contributed by atoms with E-state index in [1.54, 1.807) is 52.2 Å². The molecule has 0 radical (unpaired) electrons. The molecule has 9 nitrogen and oxygen atoms in total. The maximum absolute atomic E-state index is 12.6. The number of amides is 2. The standard InChI is InChI=1S/C11H20FN3O6S/c1-10(2,3)20-8(16)13-7(15-22(12,18)19)14-9(17)21-11(4,5)6/h1-6H3,(H2,13,14,15,16,17). The summed E-state index contributed by atoms with van der Waals surface area (Å²) in [5.74, 6) is -0.981. The van der Waals surface area contributed by atoms with Gasteiger partial charge in [0.1, 0.15) is 11.2 Å². The summed E-state index contributed by atoms with van der Waals surface area (Å²) in [4.78, 5) is 23.0. The predicted octanol–water partition coefficient (Wildman–Crippen LogP) is 1.61. The van der Waals surface area contributed by atoms with Gasteiger partial charge < -0.3 is 9.47 Å². The number of nitrogens with one attached hydrogen (secondary N) is 2. The van der Waals surface area contributed by atoms with E-state index >= 15 is 0 Å². The number of hydrogen-bond donors (Lipinski definition) is 2. The van der Waals surface area contributed by atoms with Crippen molar-refractivity contribution in [3.8, 4) is 0 Å². The largest absolute Gasteiger partial charge is 0.444 e. The Morgan fingerprint density at radius 3 is 1.45 bits per heavy atom. The number of alkyl carbamates (subject to hydrolysis) is 2. The van der Waals surface area contributed by atoms with Gasteiger partial charge in [-0.2, -0.15) is 8.42 Å². The van der Waals surface area contributed by atoms with Crippen molar-refractivity contribution in [2.45, 2.75) is 52.7 Å². The molecule has 0 aromatic heterocycles. The van der Waals surface area contributed by atoms with Crippen LogP contribution in [0.5, 0.6) is 0 Å². The highest BCUT2D eigenvalue weighted by Gasteiger charge is 2.22. The second-order valence-electron chi connectivity index (χ2n) is 6.11. The molecule has 0 fully saturated rings. The number of nitrogens with zero attached hydrogens (tertiary/aromatic N) is 1. The Balaban J connectivity index is 5.06. The summed E-state index contributed by atoms with van der Waals surface area (Å²) in [5, 5.41) is 3.61. The molecule has 2 N–H and O–H groups in total. The highest BCUT2D eigenvalue weighted by atomic mass is 32.3. The van der Waals surface area contributed by atoms with Crippen molar-refractivity contribution in [2.75, 3.05) is 0 Å². The SMILES string of the molecule is CC(C)(C)OC(=O)NC(=NS(=O)(=O)F)NC(=O)OC(C)(C)C. The molecule has 0 aromatic carbocycles. The summed E-state index contributed by atoms with van der Waals surface area (Å²) in [7, 11) is -5.35. The first-order valence-electron chi connectivity index (χ1n) is 6.12. The lowest BCUT2D eigenvalue weighted by Gasteiger charge is -2.21. The zero-order chi connectivity index (χ0) is 17.8. The van der Waals surface area contributed by atoms with Gasteiger partial charge in [-0.25, -0.2) is 9.59 Å². The lowest BCUT2D eigenvalue weighted by molar-refractivity contribution is 0.0545. The Hall–Kier alpha value is -1.91. The Morgan fingerprint density at radius 2 is 1.23 bits per heavy atom. The normalized spacial score (nSPS) is 12.1. The summed E-state index contributed by atoms with van der Waals surface area (Å²) in [6.07, 6.45) is -2.27. The Bertz CT molecular complexity index is 527. The number of rotatable bonds is 1. The van der Waals surface area contributed by atoms with Crippen LogP contribution in [0.2, 0.25) is 0 Å². The van der Waals surface area contributed by atoms with Crippen molar-refractivity contribution in [2.24, 2.45) is 4.40 Å². The molecule has 0 atom stereocenters. The molecule has 0 heterocycles. The minimum absolute atomic E-state index is 0.893. The zero-order valence-electron chi connectivity index (χ0n) is 13.2. The monoisotopic (exact) mass is 341 g/mol. The average molecular weight is 341 g/mol. The number of carbonyl (C=O) groups excluding carboxylic acids is 2. The number of ether oxygens (including phenoxy) is 2. The summed E-state index contributed by atoms with van der Waals surface area (Å²) in [6, 6.07) is 0. The quantitative estimate of drug-likeness (QED) is 0.424. The minimum Gasteiger partial charge on any atom is -0.444 e. The van der Waals surface area contributed by atoms with Crippen molar-refractivity contribution in [1.29, 1.82) is 0 Å². The van der Waals surface area contributed by atoms with Gasteiger partial charge in [0.25, 0.3) is 0 Å². The predicted molar refractivity (Wildman–Crippen MR) is 76.2 cm³/mol. The molecule has 0 saturated heterocycles. The highest BCUT2D eigenvalue weighted by Crippen LogP contribution is 2.08. The topological polar surface area (TPSA) is 123 Å². The first-order valence-corrected chi connectivity index (χ1v) is 7.46.